The third-order valence-electron chi connectivity index (χ3n) is 2.43. The first-order valence-electron chi connectivity index (χ1n) is 5.97. The maximum absolute atomic E-state index is 10.7. The van der Waals surface area contributed by atoms with E-state index in [-0.39, 0.29) is 11.7 Å². The van der Waals surface area contributed by atoms with Crippen molar-refractivity contribution in [3.63, 3.8) is 0 Å². The van der Waals surface area contributed by atoms with Gasteiger partial charge in [0.15, 0.2) is 0 Å². The average Bonchev–Trinajstić information content (AvgIpc) is 2.29. The zero-order valence-electron chi connectivity index (χ0n) is 11.1. The number of hydrogen-bond donors (Lipinski definition) is 1. The Hall–Kier alpha value is -1.46. The van der Waals surface area contributed by atoms with Gasteiger partial charge >= 0.3 is 5.97 Å². The second-order valence-corrected chi connectivity index (χ2v) is 4.50. The fourth-order valence-corrected chi connectivity index (χ4v) is 1.44. The van der Waals surface area contributed by atoms with Crippen LogP contribution in [0.3, 0.4) is 0 Å². The van der Waals surface area contributed by atoms with Gasteiger partial charge in [-0.2, -0.15) is 0 Å². The van der Waals surface area contributed by atoms with E-state index in [2.05, 4.69) is 9.88 Å². The molecule has 0 saturated carbocycles. The van der Waals surface area contributed by atoms with Crippen molar-refractivity contribution in [2.24, 2.45) is 0 Å². The molecule has 5 nitrogen and oxygen atoms in total. The number of carbonyl (C=O) groups is 1. The zero-order chi connectivity index (χ0) is 13.5. The molecule has 100 valence electrons. The van der Waals surface area contributed by atoms with Crippen LogP contribution in [0.1, 0.15) is 29.9 Å². The van der Waals surface area contributed by atoms with E-state index >= 15 is 0 Å². The predicted molar refractivity (Wildman–Crippen MR) is 68.6 cm³/mol. The normalized spacial score (nSPS) is 11.2. The molecule has 18 heavy (non-hydrogen) atoms. The van der Waals surface area contributed by atoms with Crippen LogP contribution >= 0.6 is 0 Å². The monoisotopic (exact) mass is 252 g/mol. The zero-order valence-corrected chi connectivity index (χ0v) is 11.1. The highest BCUT2D eigenvalue weighted by molar-refractivity contribution is 5.87. The van der Waals surface area contributed by atoms with Gasteiger partial charge in [0.25, 0.3) is 0 Å². The molecular weight excluding hydrogens is 232 g/mol. The van der Waals surface area contributed by atoms with Crippen LogP contribution in [0.4, 0.5) is 0 Å². The maximum Gasteiger partial charge on any atom is 0.337 e. The largest absolute Gasteiger partial charge is 0.478 e. The molecule has 0 radical (unpaired) electrons. The molecule has 0 aliphatic heterocycles. The molecule has 1 aromatic heterocycles. The molecule has 0 aliphatic rings. The van der Waals surface area contributed by atoms with Crippen molar-refractivity contribution in [1.29, 1.82) is 0 Å². The van der Waals surface area contributed by atoms with Crippen LogP contribution in [0.2, 0.25) is 0 Å². The topological polar surface area (TPSA) is 62.7 Å². The van der Waals surface area contributed by atoms with Crippen molar-refractivity contribution in [2.45, 2.75) is 26.5 Å². The number of rotatable bonds is 7. The van der Waals surface area contributed by atoms with E-state index < -0.39 is 5.97 Å². The van der Waals surface area contributed by atoms with Crippen molar-refractivity contribution in [3.05, 3.63) is 29.6 Å². The van der Waals surface area contributed by atoms with Crippen LogP contribution in [0.25, 0.3) is 0 Å². The quantitative estimate of drug-likeness (QED) is 0.799. The molecule has 0 aliphatic carbocycles. The van der Waals surface area contributed by atoms with Crippen molar-refractivity contribution >= 4 is 5.97 Å². The third kappa shape index (κ3) is 5.25. The van der Waals surface area contributed by atoms with E-state index in [1.165, 1.54) is 6.20 Å². The van der Waals surface area contributed by atoms with E-state index in [9.17, 15) is 4.79 Å². The molecule has 0 spiro atoms. The van der Waals surface area contributed by atoms with E-state index in [4.69, 9.17) is 9.84 Å². The summed E-state index contributed by atoms with van der Waals surface area (Å²) in [5, 5.41) is 8.76. The van der Waals surface area contributed by atoms with E-state index in [0.29, 0.717) is 13.2 Å². The van der Waals surface area contributed by atoms with Gasteiger partial charge in [-0.15, -0.1) is 0 Å². The Bertz CT molecular complexity index is 376. The summed E-state index contributed by atoms with van der Waals surface area (Å²) in [7, 11) is 1.98. The number of aromatic carboxylic acids is 1. The standard InChI is InChI=1S/C13H20N2O3/c1-10(2)18-7-6-15(3)9-12-5-4-11(8-14-12)13(16)17/h4-5,8,10H,6-7,9H2,1-3H3,(H,16,17). The Morgan fingerprint density at radius 2 is 2.22 bits per heavy atom. The Morgan fingerprint density at radius 1 is 1.50 bits per heavy atom. The number of carboxylic acid groups (broad SMARTS) is 1. The minimum Gasteiger partial charge on any atom is -0.478 e. The molecule has 0 bridgehead atoms. The molecule has 1 aromatic rings. The number of nitrogens with zero attached hydrogens (tertiary/aromatic N) is 2. The Morgan fingerprint density at radius 3 is 2.72 bits per heavy atom. The van der Waals surface area contributed by atoms with Crippen LogP contribution < -0.4 is 0 Å². The smallest absolute Gasteiger partial charge is 0.337 e. The molecule has 0 saturated heterocycles. The summed E-state index contributed by atoms with van der Waals surface area (Å²) >= 11 is 0. The van der Waals surface area contributed by atoms with E-state index in [1.807, 2.05) is 20.9 Å². The molecule has 0 fully saturated rings. The van der Waals surface area contributed by atoms with Crippen molar-refractivity contribution in [3.8, 4) is 0 Å². The number of likely N-dealkylation sites (N-methyl/N-ethyl adjacent to an activating group) is 1. The third-order valence-corrected chi connectivity index (χ3v) is 2.43. The van der Waals surface area contributed by atoms with Gasteiger partial charge in [-0.25, -0.2) is 4.79 Å². The van der Waals surface area contributed by atoms with Crippen LogP contribution in [0, 0.1) is 0 Å². The second-order valence-electron chi connectivity index (χ2n) is 4.50. The molecule has 0 atom stereocenters. The SMILES string of the molecule is CC(C)OCCN(C)Cc1ccc(C(=O)O)cn1. The highest BCUT2D eigenvalue weighted by Crippen LogP contribution is 2.03. The van der Waals surface area contributed by atoms with Crippen LogP contribution in [0.5, 0.6) is 0 Å². The van der Waals surface area contributed by atoms with Gasteiger partial charge in [-0.3, -0.25) is 9.88 Å². The summed E-state index contributed by atoms with van der Waals surface area (Å²) in [5.74, 6) is -0.951. The summed E-state index contributed by atoms with van der Waals surface area (Å²) in [4.78, 5) is 16.9. The predicted octanol–water partition coefficient (Wildman–Crippen LogP) is 1.64. The fraction of sp³-hybridized carbons (Fsp3) is 0.538. The first-order valence-corrected chi connectivity index (χ1v) is 5.97. The average molecular weight is 252 g/mol. The Labute approximate surface area is 107 Å². The molecular formula is C13H20N2O3. The summed E-state index contributed by atoms with van der Waals surface area (Å²) in [6.45, 7) is 6.20. The number of aromatic nitrogens is 1. The number of carboxylic acids is 1. The number of ether oxygens (including phenoxy) is 1. The van der Waals surface area contributed by atoms with Gasteiger partial charge in [0.2, 0.25) is 0 Å². The number of hydrogen-bond acceptors (Lipinski definition) is 4. The molecule has 0 aromatic carbocycles. The highest BCUT2D eigenvalue weighted by Gasteiger charge is 2.05. The van der Waals surface area contributed by atoms with Crippen LogP contribution in [-0.4, -0.2) is 47.3 Å². The molecule has 1 heterocycles. The van der Waals surface area contributed by atoms with Crippen LogP contribution in [-0.2, 0) is 11.3 Å². The Balaban J connectivity index is 2.39. The van der Waals surface area contributed by atoms with Gasteiger partial charge in [-0.05, 0) is 33.0 Å². The first kappa shape index (κ1) is 14.6. The summed E-state index contributed by atoms with van der Waals surface area (Å²) in [6.07, 6.45) is 1.63. The van der Waals surface area contributed by atoms with Gasteiger partial charge < -0.3 is 9.84 Å². The lowest BCUT2D eigenvalue weighted by Gasteiger charge is -2.17. The van der Waals surface area contributed by atoms with Gasteiger partial charge in [0.1, 0.15) is 0 Å². The lowest BCUT2D eigenvalue weighted by atomic mass is 10.2. The van der Waals surface area contributed by atoms with Gasteiger partial charge in [0, 0.05) is 19.3 Å². The minimum atomic E-state index is -0.951. The highest BCUT2D eigenvalue weighted by atomic mass is 16.5. The fourth-order valence-electron chi connectivity index (χ4n) is 1.44. The van der Waals surface area contributed by atoms with Crippen molar-refractivity contribution < 1.29 is 14.6 Å². The van der Waals surface area contributed by atoms with Gasteiger partial charge in [0.05, 0.1) is 24.0 Å². The molecule has 1 N–H and O–H groups in total. The molecule has 0 amide bonds. The second kappa shape index (κ2) is 7.08. The lowest BCUT2D eigenvalue weighted by Crippen LogP contribution is -2.24. The summed E-state index contributed by atoms with van der Waals surface area (Å²) < 4.78 is 5.46. The summed E-state index contributed by atoms with van der Waals surface area (Å²) in [5.41, 5.74) is 1.07. The molecule has 0 unspecified atom stereocenters. The first-order chi connectivity index (χ1) is 8.49. The number of pyridine rings is 1. The molecule has 1 rings (SSSR count). The lowest BCUT2D eigenvalue weighted by molar-refractivity contribution is 0.0625. The minimum absolute atomic E-state index is 0.213. The van der Waals surface area contributed by atoms with Crippen LogP contribution in [0.15, 0.2) is 18.3 Å². The van der Waals surface area contributed by atoms with Gasteiger partial charge in [-0.1, -0.05) is 0 Å². The molecule has 5 heteroatoms. The summed E-state index contributed by atoms with van der Waals surface area (Å²) in [6, 6.07) is 3.31. The maximum atomic E-state index is 10.7. The van der Waals surface area contributed by atoms with Crippen molar-refractivity contribution in [2.75, 3.05) is 20.2 Å². The Kier molecular flexibility index (Phi) is 5.74. The van der Waals surface area contributed by atoms with Crippen molar-refractivity contribution in [1.82, 2.24) is 9.88 Å². The van der Waals surface area contributed by atoms with E-state index in [0.717, 1.165) is 12.2 Å². The van der Waals surface area contributed by atoms with E-state index in [1.54, 1.807) is 12.1 Å².